The molecule has 0 unspecified atom stereocenters. The molecule has 5 rings (SSSR count). The van der Waals surface area contributed by atoms with Crippen molar-refractivity contribution >= 4 is 57.3 Å². The molecule has 0 radical (unpaired) electrons. The summed E-state index contributed by atoms with van der Waals surface area (Å²) in [5.74, 6) is 1.06. The van der Waals surface area contributed by atoms with Crippen LogP contribution in [0.2, 0.25) is 10.0 Å². The van der Waals surface area contributed by atoms with E-state index in [-0.39, 0.29) is 11.7 Å². The first kappa shape index (κ1) is 22.7. The fourth-order valence-electron chi connectivity index (χ4n) is 3.18. The highest BCUT2D eigenvalue weighted by Crippen LogP contribution is 2.33. The standard InChI is InChI=1S/C23H15Cl2N5O2S2/c24-14-8-9-16(17(25)11-14)18-12-33-22(26-18)27-20(31)13-34-23-29-28-21(19-7-4-10-32-19)30(23)15-5-2-1-3-6-15/h1-12H,13H2,(H,26,27,31). The van der Waals surface area contributed by atoms with Gasteiger partial charge < -0.3 is 9.73 Å². The summed E-state index contributed by atoms with van der Waals surface area (Å²) in [6.45, 7) is 0. The Bertz CT molecular complexity index is 1440. The van der Waals surface area contributed by atoms with E-state index in [2.05, 4.69) is 20.5 Å². The van der Waals surface area contributed by atoms with E-state index in [1.54, 1.807) is 30.5 Å². The third kappa shape index (κ3) is 4.88. The molecule has 1 N–H and O–H groups in total. The van der Waals surface area contributed by atoms with Crippen LogP contribution in [-0.4, -0.2) is 31.4 Å². The Morgan fingerprint density at radius 1 is 1.09 bits per heavy atom. The Morgan fingerprint density at radius 2 is 1.94 bits per heavy atom. The Hall–Kier alpha value is -3.11. The molecule has 0 fully saturated rings. The van der Waals surface area contributed by atoms with Crippen molar-refractivity contribution in [2.24, 2.45) is 0 Å². The molecule has 0 spiro atoms. The number of thiazole rings is 1. The lowest BCUT2D eigenvalue weighted by Crippen LogP contribution is -2.14. The highest BCUT2D eigenvalue weighted by atomic mass is 35.5. The second kappa shape index (κ2) is 10.0. The summed E-state index contributed by atoms with van der Waals surface area (Å²) < 4.78 is 7.38. The van der Waals surface area contributed by atoms with Crippen LogP contribution in [0.4, 0.5) is 5.13 Å². The lowest BCUT2D eigenvalue weighted by molar-refractivity contribution is -0.113. The minimum atomic E-state index is -0.213. The van der Waals surface area contributed by atoms with Crippen LogP contribution in [0.1, 0.15) is 0 Å². The maximum absolute atomic E-state index is 12.6. The van der Waals surface area contributed by atoms with Gasteiger partial charge in [0.1, 0.15) is 0 Å². The molecule has 3 aromatic heterocycles. The average molecular weight is 528 g/mol. The molecule has 0 bridgehead atoms. The fraction of sp³-hybridized carbons (Fsp3) is 0.0435. The summed E-state index contributed by atoms with van der Waals surface area (Å²) in [7, 11) is 0. The van der Waals surface area contributed by atoms with E-state index >= 15 is 0 Å². The zero-order chi connectivity index (χ0) is 23.5. The lowest BCUT2D eigenvalue weighted by Gasteiger charge is -2.08. The molecule has 1 amide bonds. The highest BCUT2D eigenvalue weighted by Gasteiger charge is 2.19. The summed E-state index contributed by atoms with van der Waals surface area (Å²) in [5.41, 5.74) is 2.28. The maximum Gasteiger partial charge on any atom is 0.236 e. The first-order valence-corrected chi connectivity index (χ1v) is 12.6. The third-order valence-electron chi connectivity index (χ3n) is 4.68. The first-order valence-electron chi connectivity index (χ1n) is 9.97. The van der Waals surface area contributed by atoms with Crippen molar-refractivity contribution in [2.45, 2.75) is 5.16 Å². The van der Waals surface area contributed by atoms with E-state index in [0.717, 1.165) is 11.3 Å². The van der Waals surface area contributed by atoms with E-state index in [0.29, 0.717) is 37.6 Å². The molecule has 11 heteroatoms. The smallest absolute Gasteiger partial charge is 0.236 e. The number of aromatic nitrogens is 4. The zero-order valence-corrected chi connectivity index (χ0v) is 20.5. The van der Waals surface area contributed by atoms with Crippen molar-refractivity contribution in [3.63, 3.8) is 0 Å². The number of amides is 1. The minimum Gasteiger partial charge on any atom is -0.461 e. The van der Waals surface area contributed by atoms with Gasteiger partial charge in [0.05, 0.1) is 22.7 Å². The van der Waals surface area contributed by atoms with Crippen molar-refractivity contribution in [2.75, 3.05) is 11.1 Å². The molecule has 0 aliphatic rings. The van der Waals surface area contributed by atoms with Crippen molar-refractivity contribution in [1.29, 1.82) is 0 Å². The average Bonchev–Trinajstić information content (AvgIpc) is 3.59. The summed E-state index contributed by atoms with van der Waals surface area (Å²) >= 11 is 14.8. The Kier molecular flexibility index (Phi) is 6.68. The molecule has 5 aromatic rings. The number of rotatable bonds is 7. The monoisotopic (exact) mass is 527 g/mol. The van der Waals surface area contributed by atoms with Gasteiger partial charge >= 0.3 is 0 Å². The van der Waals surface area contributed by atoms with Crippen LogP contribution < -0.4 is 5.32 Å². The number of thioether (sulfide) groups is 1. The normalized spacial score (nSPS) is 11.0. The number of carbonyl (C=O) groups excluding carboxylic acids is 1. The first-order chi connectivity index (χ1) is 16.6. The van der Waals surface area contributed by atoms with Gasteiger partial charge in [-0.3, -0.25) is 9.36 Å². The molecule has 0 saturated heterocycles. The van der Waals surface area contributed by atoms with E-state index in [1.165, 1.54) is 23.1 Å². The van der Waals surface area contributed by atoms with Crippen LogP contribution >= 0.6 is 46.3 Å². The Morgan fingerprint density at radius 3 is 2.71 bits per heavy atom. The van der Waals surface area contributed by atoms with Gasteiger partial charge in [0.25, 0.3) is 0 Å². The van der Waals surface area contributed by atoms with E-state index in [9.17, 15) is 4.79 Å². The molecule has 0 saturated carbocycles. The number of furan rings is 1. The number of hydrogen-bond donors (Lipinski definition) is 1. The summed E-state index contributed by atoms with van der Waals surface area (Å²) in [6, 6.07) is 18.5. The number of carbonyl (C=O) groups is 1. The van der Waals surface area contributed by atoms with Gasteiger partial charge in [0.2, 0.25) is 11.7 Å². The van der Waals surface area contributed by atoms with Gasteiger partial charge in [-0.05, 0) is 42.5 Å². The van der Waals surface area contributed by atoms with Gasteiger partial charge in [0, 0.05) is 21.7 Å². The summed E-state index contributed by atoms with van der Waals surface area (Å²) in [5, 5.41) is 15.3. The number of halogens is 2. The van der Waals surface area contributed by atoms with Crippen LogP contribution in [0.15, 0.2) is 81.9 Å². The maximum atomic E-state index is 12.6. The SMILES string of the molecule is O=C(CSc1nnc(-c2ccco2)n1-c1ccccc1)Nc1nc(-c2ccc(Cl)cc2Cl)cs1. The van der Waals surface area contributed by atoms with Crippen molar-refractivity contribution in [3.05, 3.63) is 82.4 Å². The number of benzene rings is 2. The highest BCUT2D eigenvalue weighted by molar-refractivity contribution is 7.99. The van der Waals surface area contributed by atoms with Gasteiger partial charge in [0.15, 0.2) is 16.0 Å². The topological polar surface area (TPSA) is 85.8 Å². The molecular weight excluding hydrogens is 513 g/mol. The molecule has 34 heavy (non-hydrogen) atoms. The molecule has 7 nitrogen and oxygen atoms in total. The number of nitrogens with zero attached hydrogens (tertiary/aromatic N) is 4. The molecule has 3 heterocycles. The fourth-order valence-corrected chi connectivity index (χ4v) is 5.16. The molecule has 0 aliphatic heterocycles. The minimum absolute atomic E-state index is 0.125. The van der Waals surface area contributed by atoms with Gasteiger partial charge in [-0.2, -0.15) is 0 Å². The molecule has 170 valence electrons. The molecular formula is C23H15Cl2N5O2S2. The van der Waals surface area contributed by atoms with Crippen LogP contribution in [0.5, 0.6) is 0 Å². The van der Waals surface area contributed by atoms with Crippen LogP contribution in [0.3, 0.4) is 0 Å². The number of para-hydroxylation sites is 1. The predicted octanol–water partition coefficient (Wildman–Crippen LogP) is 6.69. The van der Waals surface area contributed by atoms with Crippen molar-refractivity contribution in [3.8, 4) is 28.5 Å². The van der Waals surface area contributed by atoms with Crippen molar-refractivity contribution in [1.82, 2.24) is 19.7 Å². The molecule has 0 aliphatic carbocycles. The zero-order valence-electron chi connectivity index (χ0n) is 17.3. The Labute approximate surface area is 212 Å². The second-order valence-electron chi connectivity index (χ2n) is 6.95. The van der Waals surface area contributed by atoms with E-state index in [1.807, 2.05) is 46.3 Å². The largest absolute Gasteiger partial charge is 0.461 e. The number of nitrogens with one attached hydrogen (secondary N) is 1. The number of anilines is 1. The van der Waals surface area contributed by atoms with Crippen LogP contribution in [0.25, 0.3) is 28.5 Å². The van der Waals surface area contributed by atoms with E-state index in [4.69, 9.17) is 27.6 Å². The van der Waals surface area contributed by atoms with Crippen LogP contribution in [-0.2, 0) is 4.79 Å². The Balaban J connectivity index is 1.31. The van der Waals surface area contributed by atoms with E-state index < -0.39 is 0 Å². The molecule has 0 atom stereocenters. The number of hydrogen-bond acceptors (Lipinski definition) is 7. The van der Waals surface area contributed by atoms with Crippen molar-refractivity contribution < 1.29 is 9.21 Å². The van der Waals surface area contributed by atoms with Crippen LogP contribution in [0, 0.1) is 0 Å². The van der Waals surface area contributed by atoms with Gasteiger partial charge in [-0.25, -0.2) is 4.98 Å². The summed E-state index contributed by atoms with van der Waals surface area (Å²) in [6.07, 6.45) is 1.58. The van der Waals surface area contributed by atoms with Gasteiger partial charge in [-0.15, -0.1) is 21.5 Å². The van der Waals surface area contributed by atoms with Gasteiger partial charge in [-0.1, -0.05) is 53.2 Å². The lowest BCUT2D eigenvalue weighted by atomic mass is 10.2. The predicted molar refractivity (Wildman–Crippen MR) is 136 cm³/mol. The second-order valence-corrected chi connectivity index (χ2v) is 9.60. The quantitative estimate of drug-likeness (QED) is 0.237. The molecule has 2 aromatic carbocycles. The third-order valence-corrected chi connectivity index (χ3v) is 6.91. The summed E-state index contributed by atoms with van der Waals surface area (Å²) in [4.78, 5) is 17.1.